The number of amides is 1. The molecule has 1 amide bonds. The number of aryl methyl sites for hydroxylation is 1. The Labute approximate surface area is 153 Å². The smallest absolute Gasteiger partial charge is 0.255 e. The van der Waals surface area contributed by atoms with Crippen LogP contribution in [0.1, 0.15) is 21.7 Å². The van der Waals surface area contributed by atoms with Gasteiger partial charge in [-0.25, -0.2) is 13.5 Å². The van der Waals surface area contributed by atoms with E-state index in [0.29, 0.717) is 5.56 Å². The highest BCUT2D eigenvalue weighted by atomic mass is 79.9. The van der Waals surface area contributed by atoms with E-state index in [9.17, 15) is 13.6 Å². The van der Waals surface area contributed by atoms with Gasteiger partial charge in [-0.05, 0) is 54.0 Å². The standard InChI is InChI=1S/C17H20BrF2N3O2/c1-11-16(18)12(2)23(21-11)14-6-4-13(5-7-14)17(24)22(8-9-25-3)10-15(19)20/h4-7,15H,8-10H2,1-3H3. The predicted molar refractivity (Wildman–Crippen MR) is 94.5 cm³/mol. The van der Waals surface area contributed by atoms with Gasteiger partial charge in [0.05, 0.1) is 34.7 Å². The molecule has 0 unspecified atom stereocenters. The largest absolute Gasteiger partial charge is 0.383 e. The lowest BCUT2D eigenvalue weighted by Crippen LogP contribution is -2.37. The second-order valence-electron chi connectivity index (χ2n) is 5.58. The Bertz CT molecular complexity index is 732. The molecule has 0 bridgehead atoms. The molecule has 1 aromatic carbocycles. The Morgan fingerprint density at radius 2 is 1.96 bits per heavy atom. The summed E-state index contributed by atoms with van der Waals surface area (Å²) in [6.45, 7) is 3.53. The van der Waals surface area contributed by atoms with Gasteiger partial charge in [0.2, 0.25) is 0 Å². The number of halogens is 3. The minimum Gasteiger partial charge on any atom is -0.383 e. The van der Waals surface area contributed by atoms with Gasteiger partial charge >= 0.3 is 0 Å². The van der Waals surface area contributed by atoms with Gasteiger partial charge in [-0.3, -0.25) is 4.79 Å². The first kappa shape index (κ1) is 19.5. The second-order valence-corrected chi connectivity index (χ2v) is 6.37. The van der Waals surface area contributed by atoms with E-state index in [1.54, 1.807) is 28.9 Å². The molecule has 0 aliphatic heterocycles. The zero-order valence-electron chi connectivity index (χ0n) is 14.3. The van der Waals surface area contributed by atoms with E-state index < -0.39 is 18.9 Å². The molecule has 0 spiro atoms. The van der Waals surface area contributed by atoms with E-state index in [0.717, 1.165) is 26.4 Å². The Morgan fingerprint density at radius 1 is 1.32 bits per heavy atom. The quantitative estimate of drug-likeness (QED) is 0.693. The fraction of sp³-hybridized carbons (Fsp3) is 0.412. The molecule has 0 saturated heterocycles. The third kappa shape index (κ3) is 4.64. The zero-order chi connectivity index (χ0) is 18.6. The summed E-state index contributed by atoms with van der Waals surface area (Å²) in [6.07, 6.45) is -2.59. The van der Waals surface area contributed by atoms with Crippen LogP contribution < -0.4 is 0 Å². The van der Waals surface area contributed by atoms with Crippen LogP contribution >= 0.6 is 15.9 Å². The summed E-state index contributed by atoms with van der Waals surface area (Å²) < 4.78 is 33.0. The first-order valence-electron chi connectivity index (χ1n) is 7.73. The Kier molecular flexibility index (Phi) is 6.66. The molecule has 8 heteroatoms. The maximum absolute atomic E-state index is 12.7. The maximum Gasteiger partial charge on any atom is 0.255 e. The summed E-state index contributed by atoms with van der Waals surface area (Å²) in [6, 6.07) is 6.73. The van der Waals surface area contributed by atoms with Crippen LogP contribution in [-0.2, 0) is 4.74 Å². The molecule has 5 nitrogen and oxygen atoms in total. The molecule has 0 atom stereocenters. The Morgan fingerprint density at radius 3 is 2.44 bits per heavy atom. The highest BCUT2D eigenvalue weighted by molar-refractivity contribution is 9.10. The SMILES string of the molecule is COCCN(CC(F)F)C(=O)c1ccc(-n2nc(C)c(Br)c2C)cc1. The summed E-state index contributed by atoms with van der Waals surface area (Å²) in [5.74, 6) is -0.446. The molecular weight excluding hydrogens is 396 g/mol. The van der Waals surface area contributed by atoms with E-state index in [2.05, 4.69) is 21.0 Å². The maximum atomic E-state index is 12.7. The molecule has 0 saturated carbocycles. The normalized spacial score (nSPS) is 11.2. The van der Waals surface area contributed by atoms with Crippen LogP contribution in [0.4, 0.5) is 8.78 Å². The van der Waals surface area contributed by atoms with Crippen LogP contribution in [-0.4, -0.2) is 53.8 Å². The lowest BCUT2D eigenvalue weighted by atomic mass is 10.1. The Hall–Kier alpha value is -1.80. The van der Waals surface area contributed by atoms with Crippen LogP contribution in [0.5, 0.6) is 0 Å². The number of carbonyl (C=O) groups is 1. The molecule has 136 valence electrons. The molecule has 2 rings (SSSR count). The predicted octanol–water partition coefficient (Wildman–Crippen LogP) is 3.61. The van der Waals surface area contributed by atoms with Gasteiger partial charge in [0.15, 0.2) is 0 Å². The fourth-order valence-electron chi connectivity index (χ4n) is 2.45. The summed E-state index contributed by atoms with van der Waals surface area (Å²) >= 11 is 3.47. The van der Waals surface area contributed by atoms with Crippen molar-refractivity contribution in [3.05, 3.63) is 45.7 Å². The summed E-state index contributed by atoms with van der Waals surface area (Å²) in [5.41, 5.74) is 2.94. The van der Waals surface area contributed by atoms with Crippen molar-refractivity contribution in [2.45, 2.75) is 20.3 Å². The van der Waals surface area contributed by atoms with Crippen LogP contribution in [0.2, 0.25) is 0 Å². The van der Waals surface area contributed by atoms with Gasteiger partial charge in [0.25, 0.3) is 12.3 Å². The zero-order valence-corrected chi connectivity index (χ0v) is 15.9. The van der Waals surface area contributed by atoms with Gasteiger partial charge < -0.3 is 9.64 Å². The van der Waals surface area contributed by atoms with Crippen LogP contribution in [0, 0.1) is 13.8 Å². The molecule has 0 aliphatic rings. The molecule has 1 heterocycles. The van der Waals surface area contributed by atoms with Gasteiger partial charge in [0.1, 0.15) is 0 Å². The van der Waals surface area contributed by atoms with Crippen molar-refractivity contribution >= 4 is 21.8 Å². The summed E-state index contributed by atoms with van der Waals surface area (Å²) in [5, 5.41) is 4.43. The lowest BCUT2D eigenvalue weighted by Gasteiger charge is -2.22. The highest BCUT2D eigenvalue weighted by Crippen LogP contribution is 2.23. The van der Waals surface area contributed by atoms with Crippen LogP contribution in [0.25, 0.3) is 5.69 Å². The number of aromatic nitrogens is 2. The lowest BCUT2D eigenvalue weighted by molar-refractivity contribution is 0.0478. The number of benzene rings is 1. The Balaban J connectivity index is 2.22. The third-order valence-electron chi connectivity index (χ3n) is 3.77. The van der Waals surface area contributed by atoms with Gasteiger partial charge in [-0.2, -0.15) is 5.10 Å². The molecular formula is C17H20BrF2N3O2. The fourth-order valence-corrected chi connectivity index (χ4v) is 2.69. The number of hydrogen-bond acceptors (Lipinski definition) is 3. The molecule has 1 aromatic heterocycles. The van der Waals surface area contributed by atoms with E-state index in [1.165, 1.54) is 7.11 Å². The van der Waals surface area contributed by atoms with Crippen LogP contribution in [0.15, 0.2) is 28.7 Å². The van der Waals surface area contributed by atoms with Crippen molar-refractivity contribution in [2.24, 2.45) is 0 Å². The summed E-state index contributed by atoms with van der Waals surface area (Å²) in [4.78, 5) is 13.6. The number of methoxy groups -OCH3 is 1. The number of hydrogen-bond donors (Lipinski definition) is 0. The number of nitrogens with zero attached hydrogens (tertiary/aromatic N) is 3. The molecule has 2 aromatic rings. The molecule has 25 heavy (non-hydrogen) atoms. The van der Waals surface area contributed by atoms with Crippen molar-refractivity contribution < 1.29 is 18.3 Å². The van der Waals surface area contributed by atoms with E-state index >= 15 is 0 Å². The van der Waals surface area contributed by atoms with Crippen LogP contribution in [0.3, 0.4) is 0 Å². The van der Waals surface area contributed by atoms with E-state index in [1.807, 2.05) is 13.8 Å². The minimum atomic E-state index is -2.59. The van der Waals surface area contributed by atoms with E-state index in [4.69, 9.17) is 4.74 Å². The van der Waals surface area contributed by atoms with E-state index in [-0.39, 0.29) is 13.2 Å². The molecule has 0 N–H and O–H groups in total. The minimum absolute atomic E-state index is 0.117. The second kappa shape index (κ2) is 8.53. The van der Waals surface area contributed by atoms with Crippen molar-refractivity contribution in [1.29, 1.82) is 0 Å². The van der Waals surface area contributed by atoms with Gasteiger partial charge in [-0.1, -0.05) is 0 Å². The monoisotopic (exact) mass is 415 g/mol. The van der Waals surface area contributed by atoms with Crippen molar-refractivity contribution in [3.8, 4) is 5.69 Å². The highest BCUT2D eigenvalue weighted by Gasteiger charge is 2.20. The first-order chi connectivity index (χ1) is 11.8. The van der Waals surface area contributed by atoms with Gasteiger partial charge in [-0.15, -0.1) is 0 Å². The number of carbonyl (C=O) groups excluding carboxylic acids is 1. The third-order valence-corrected chi connectivity index (χ3v) is 4.92. The average Bonchev–Trinajstić information content (AvgIpc) is 2.85. The molecule has 0 aliphatic carbocycles. The first-order valence-corrected chi connectivity index (χ1v) is 8.53. The van der Waals surface area contributed by atoms with Crippen molar-refractivity contribution in [1.82, 2.24) is 14.7 Å². The van der Waals surface area contributed by atoms with Crippen molar-refractivity contribution in [3.63, 3.8) is 0 Å². The number of alkyl halides is 2. The average molecular weight is 416 g/mol. The van der Waals surface area contributed by atoms with Gasteiger partial charge in [0, 0.05) is 19.2 Å². The summed E-state index contributed by atoms with van der Waals surface area (Å²) in [7, 11) is 1.46. The molecule has 0 radical (unpaired) electrons. The molecule has 0 fully saturated rings. The van der Waals surface area contributed by atoms with Crippen molar-refractivity contribution in [2.75, 3.05) is 26.8 Å². The number of ether oxygens (including phenoxy) is 1. The number of rotatable bonds is 7. The topological polar surface area (TPSA) is 47.4 Å².